The SMILES string of the molecule is NCc1cn(CC(=O)Nc2ccc(Br)cc2Cl)nn1. The van der Waals surface area contributed by atoms with Crippen molar-refractivity contribution in [2.24, 2.45) is 5.73 Å². The fourth-order valence-corrected chi connectivity index (χ4v) is 2.16. The van der Waals surface area contributed by atoms with E-state index in [1.807, 2.05) is 0 Å². The van der Waals surface area contributed by atoms with Crippen molar-refractivity contribution in [1.29, 1.82) is 0 Å². The summed E-state index contributed by atoms with van der Waals surface area (Å²) in [6.07, 6.45) is 1.63. The number of aromatic nitrogens is 3. The first-order valence-corrected chi connectivity index (χ1v) is 6.59. The quantitative estimate of drug-likeness (QED) is 0.885. The fraction of sp³-hybridized carbons (Fsp3) is 0.182. The third-order valence-electron chi connectivity index (χ3n) is 2.31. The Balaban J connectivity index is 2.01. The number of nitrogens with zero attached hydrogens (tertiary/aromatic N) is 3. The summed E-state index contributed by atoms with van der Waals surface area (Å²) in [4.78, 5) is 11.8. The lowest BCUT2D eigenvalue weighted by atomic mass is 10.3. The Hall–Kier alpha value is -1.44. The van der Waals surface area contributed by atoms with Gasteiger partial charge in [0.05, 0.1) is 22.6 Å². The van der Waals surface area contributed by atoms with Crippen LogP contribution >= 0.6 is 27.5 Å². The average Bonchev–Trinajstić information content (AvgIpc) is 2.80. The number of nitrogens with one attached hydrogen (secondary N) is 1. The van der Waals surface area contributed by atoms with E-state index in [0.29, 0.717) is 22.9 Å². The Morgan fingerprint density at radius 3 is 2.95 bits per heavy atom. The third kappa shape index (κ3) is 3.76. The molecule has 2 aromatic rings. The van der Waals surface area contributed by atoms with Crippen LogP contribution in [-0.4, -0.2) is 20.9 Å². The number of hydrogen-bond donors (Lipinski definition) is 2. The van der Waals surface area contributed by atoms with Gasteiger partial charge in [-0.05, 0) is 18.2 Å². The van der Waals surface area contributed by atoms with Crippen LogP contribution in [0, 0.1) is 0 Å². The maximum Gasteiger partial charge on any atom is 0.246 e. The molecule has 1 amide bonds. The number of halogens is 2. The normalized spacial score (nSPS) is 10.5. The number of amides is 1. The molecule has 0 aliphatic rings. The molecule has 0 bridgehead atoms. The van der Waals surface area contributed by atoms with Crippen molar-refractivity contribution < 1.29 is 4.79 Å². The van der Waals surface area contributed by atoms with Gasteiger partial charge in [0.25, 0.3) is 0 Å². The molecule has 1 aromatic carbocycles. The van der Waals surface area contributed by atoms with Crippen LogP contribution in [0.3, 0.4) is 0 Å². The molecule has 1 aromatic heterocycles. The summed E-state index contributed by atoms with van der Waals surface area (Å²) in [7, 11) is 0. The zero-order valence-corrected chi connectivity index (χ0v) is 12.1. The van der Waals surface area contributed by atoms with E-state index in [4.69, 9.17) is 17.3 Å². The van der Waals surface area contributed by atoms with E-state index in [1.165, 1.54) is 4.68 Å². The molecular weight excluding hydrogens is 334 g/mol. The van der Waals surface area contributed by atoms with E-state index in [0.717, 1.165) is 4.47 Å². The van der Waals surface area contributed by atoms with Crippen LogP contribution in [0.2, 0.25) is 5.02 Å². The lowest BCUT2D eigenvalue weighted by Crippen LogP contribution is -2.19. The van der Waals surface area contributed by atoms with E-state index in [1.54, 1.807) is 24.4 Å². The van der Waals surface area contributed by atoms with Gasteiger partial charge in [-0.3, -0.25) is 4.79 Å². The van der Waals surface area contributed by atoms with Crippen molar-refractivity contribution >= 4 is 39.1 Å². The number of nitrogens with two attached hydrogens (primary N) is 1. The van der Waals surface area contributed by atoms with Crippen molar-refractivity contribution in [2.45, 2.75) is 13.1 Å². The van der Waals surface area contributed by atoms with E-state index in [-0.39, 0.29) is 12.5 Å². The molecule has 0 atom stereocenters. The summed E-state index contributed by atoms with van der Waals surface area (Å²) in [6, 6.07) is 5.22. The molecule has 6 nitrogen and oxygen atoms in total. The van der Waals surface area contributed by atoms with Crippen molar-refractivity contribution in [2.75, 3.05) is 5.32 Å². The second-order valence-corrected chi connectivity index (χ2v) is 5.11. The molecule has 0 aliphatic heterocycles. The van der Waals surface area contributed by atoms with Crippen molar-refractivity contribution in [3.05, 3.63) is 39.6 Å². The monoisotopic (exact) mass is 343 g/mol. The smallest absolute Gasteiger partial charge is 0.246 e. The molecule has 0 saturated heterocycles. The molecule has 0 spiro atoms. The highest BCUT2D eigenvalue weighted by atomic mass is 79.9. The van der Waals surface area contributed by atoms with Crippen LogP contribution in [0.1, 0.15) is 5.69 Å². The van der Waals surface area contributed by atoms with Crippen molar-refractivity contribution in [1.82, 2.24) is 15.0 Å². The van der Waals surface area contributed by atoms with E-state index in [9.17, 15) is 4.79 Å². The first kappa shape index (κ1) is 14.0. The maximum absolute atomic E-state index is 11.8. The summed E-state index contributed by atoms with van der Waals surface area (Å²) in [5.74, 6) is -0.238. The third-order valence-corrected chi connectivity index (χ3v) is 3.11. The topological polar surface area (TPSA) is 85.8 Å². The number of rotatable bonds is 4. The second-order valence-electron chi connectivity index (χ2n) is 3.78. The largest absolute Gasteiger partial charge is 0.325 e. The predicted molar refractivity (Wildman–Crippen MR) is 75.7 cm³/mol. The van der Waals surface area contributed by atoms with Crippen LogP contribution in [0.4, 0.5) is 5.69 Å². The molecule has 8 heteroatoms. The Morgan fingerprint density at radius 1 is 1.53 bits per heavy atom. The summed E-state index contributed by atoms with van der Waals surface area (Å²) in [5, 5.41) is 10.8. The summed E-state index contributed by atoms with van der Waals surface area (Å²) in [6.45, 7) is 0.347. The molecule has 3 N–H and O–H groups in total. The second kappa shape index (κ2) is 6.14. The average molecular weight is 345 g/mol. The molecule has 0 aliphatic carbocycles. The Kier molecular flexibility index (Phi) is 4.52. The standard InChI is InChI=1S/C11H11BrClN5O/c12-7-1-2-10(9(13)3-7)15-11(19)6-18-5-8(4-14)16-17-18/h1-3,5H,4,6,14H2,(H,15,19). The first-order valence-electron chi connectivity index (χ1n) is 5.42. The number of anilines is 1. The Labute approximate surface area is 123 Å². The molecule has 0 unspecified atom stereocenters. The van der Waals surface area contributed by atoms with Gasteiger partial charge in [-0.2, -0.15) is 0 Å². The predicted octanol–water partition coefficient (Wildman–Crippen LogP) is 1.79. The molecule has 0 fully saturated rings. The minimum Gasteiger partial charge on any atom is -0.325 e. The lowest BCUT2D eigenvalue weighted by molar-refractivity contribution is -0.116. The van der Waals surface area contributed by atoms with Crippen LogP contribution < -0.4 is 11.1 Å². The molecule has 1 heterocycles. The number of carbonyl (C=O) groups excluding carboxylic acids is 1. The molecular formula is C11H11BrClN5O. The van der Waals surface area contributed by atoms with Gasteiger partial charge in [0.1, 0.15) is 6.54 Å². The number of hydrogen-bond acceptors (Lipinski definition) is 4. The van der Waals surface area contributed by atoms with Gasteiger partial charge in [0.15, 0.2) is 0 Å². The minimum absolute atomic E-state index is 0.0550. The van der Waals surface area contributed by atoms with Crippen LogP contribution in [0.5, 0.6) is 0 Å². The lowest BCUT2D eigenvalue weighted by Gasteiger charge is -2.07. The number of benzene rings is 1. The van der Waals surface area contributed by atoms with Gasteiger partial charge in [-0.1, -0.05) is 32.7 Å². The zero-order chi connectivity index (χ0) is 13.8. The summed E-state index contributed by atoms with van der Waals surface area (Å²) < 4.78 is 2.27. The van der Waals surface area contributed by atoms with Crippen molar-refractivity contribution in [3.8, 4) is 0 Å². The molecule has 2 rings (SSSR count). The first-order chi connectivity index (χ1) is 9.08. The molecule has 19 heavy (non-hydrogen) atoms. The van der Waals surface area contributed by atoms with E-state index in [2.05, 4.69) is 31.6 Å². The summed E-state index contributed by atoms with van der Waals surface area (Å²) >= 11 is 9.30. The molecule has 100 valence electrons. The van der Waals surface area contributed by atoms with E-state index >= 15 is 0 Å². The summed E-state index contributed by atoms with van der Waals surface area (Å²) in [5.41, 5.74) is 6.60. The van der Waals surface area contributed by atoms with Gasteiger partial charge < -0.3 is 11.1 Å². The van der Waals surface area contributed by atoms with E-state index < -0.39 is 0 Å². The fourth-order valence-electron chi connectivity index (χ4n) is 1.44. The Morgan fingerprint density at radius 2 is 2.32 bits per heavy atom. The Bertz CT molecular complexity index is 601. The van der Waals surface area contributed by atoms with Gasteiger partial charge in [0.2, 0.25) is 5.91 Å². The number of carbonyl (C=O) groups is 1. The van der Waals surface area contributed by atoms with Crippen molar-refractivity contribution in [3.63, 3.8) is 0 Å². The maximum atomic E-state index is 11.8. The highest BCUT2D eigenvalue weighted by Gasteiger charge is 2.08. The minimum atomic E-state index is -0.238. The van der Waals surface area contributed by atoms with Crippen LogP contribution in [0.15, 0.2) is 28.9 Å². The van der Waals surface area contributed by atoms with Crippen LogP contribution in [-0.2, 0) is 17.9 Å². The highest BCUT2D eigenvalue weighted by Crippen LogP contribution is 2.25. The van der Waals surface area contributed by atoms with Gasteiger partial charge in [0, 0.05) is 11.0 Å². The zero-order valence-electron chi connectivity index (χ0n) is 9.81. The van der Waals surface area contributed by atoms with Crippen LogP contribution in [0.25, 0.3) is 0 Å². The highest BCUT2D eigenvalue weighted by molar-refractivity contribution is 9.10. The van der Waals surface area contributed by atoms with Gasteiger partial charge in [-0.15, -0.1) is 5.10 Å². The van der Waals surface area contributed by atoms with Gasteiger partial charge >= 0.3 is 0 Å². The van der Waals surface area contributed by atoms with Gasteiger partial charge in [-0.25, -0.2) is 4.68 Å². The molecule has 0 saturated carbocycles. The molecule has 0 radical (unpaired) electrons.